The van der Waals surface area contributed by atoms with Crippen molar-refractivity contribution in [1.82, 2.24) is 10.3 Å². The number of carbonyl (C=O) groups excluding carboxylic acids is 1. The molecule has 8 heteroatoms. The van der Waals surface area contributed by atoms with Crippen LogP contribution >= 0.6 is 0 Å². The molecule has 1 heterocycles. The number of benzene rings is 2. The number of amides is 1. The molecule has 2 aromatic carbocycles. The van der Waals surface area contributed by atoms with E-state index >= 15 is 0 Å². The van der Waals surface area contributed by atoms with Crippen molar-refractivity contribution in [2.24, 2.45) is 0 Å². The lowest BCUT2D eigenvalue weighted by Gasteiger charge is -2.11. The topological polar surface area (TPSA) is 71.2 Å². The fraction of sp³-hybridized carbons (Fsp3) is 0.200. The van der Waals surface area contributed by atoms with Crippen LogP contribution < -0.4 is 15.6 Å². The Balaban J connectivity index is 1.60. The van der Waals surface area contributed by atoms with Gasteiger partial charge in [-0.25, -0.2) is 0 Å². The van der Waals surface area contributed by atoms with Crippen LogP contribution in [0.1, 0.15) is 11.1 Å². The van der Waals surface area contributed by atoms with E-state index < -0.39 is 12.8 Å². The van der Waals surface area contributed by atoms with E-state index in [2.05, 4.69) is 15.0 Å². The molecule has 0 unspecified atom stereocenters. The molecule has 28 heavy (non-hydrogen) atoms. The van der Waals surface area contributed by atoms with Gasteiger partial charge in [0.25, 0.3) is 5.56 Å². The number of hydrogen-bond acceptors (Lipinski definition) is 3. The summed E-state index contributed by atoms with van der Waals surface area (Å²) >= 11 is 0. The molecular formula is C20H17F3N2O3. The first-order valence-corrected chi connectivity index (χ1v) is 8.46. The largest absolute Gasteiger partial charge is 0.484 e. The number of alkyl halides is 3. The molecule has 0 saturated carbocycles. The van der Waals surface area contributed by atoms with Gasteiger partial charge in [0.1, 0.15) is 5.75 Å². The average molecular weight is 390 g/mol. The smallest absolute Gasteiger partial charge is 0.422 e. The number of aromatic nitrogens is 1. The zero-order chi connectivity index (χ0) is 20.1. The van der Waals surface area contributed by atoms with Crippen molar-refractivity contribution in [3.8, 4) is 5.75 Å². The minimum atomic E-state index is -4.42. The Morgan fingerprint density at radius 2 is 1.86 bits per heavy atom. The van der Waals surface area contributed by atoms with Crippen LogP contribution in [-0.2, 0) is 17.8 Å². The van der Waals surface area contributed by atoms with Crippen LogP contribution in [0.15, 0.2) is 59.4 Å². The van der Waals surface area contributed by atoms with Crippen LogP contribution in [0, 0.1) is 0 Å². The number of pyridine rings is 1. The fourth-order valence-corrected chi connectivity index (χ4v) is 2.67. The number of carbonyl (C=O) groups is 1. The number of aromatic amines is 1. The third kappa shape index (κ3) is 5.35. The Morgan fingerprint density at radius 1 is 1.07 bits per heavy atom. The summed E-state index contributed by atoms with van der Waals surface area (Å²) in [6, 6.07) is 14.9. The summed E-state index contributed by atoms with van der Waals surface area (Å²) < 4.78 is 41.4. The number of ether oxygens (including phenoxy) is 1. The highest BCUT2D eigenvalue weighted by atomic mass is 19.4. The molecule has 0 radical (unpaired) electrons. The zero-order valence-corrected chi connectivity index (χ0v) is 14.7. The monoisotopic (exact) mass is 390 g/mol. The van der Waals surface area contributed by atoms with Gasteiger partial charge in [0.15, 0.2) is 6.61 Å². The predicted molar refractivity (Wildman–Crippen MR) is 98.1 cm³/mol. The van der Waals surface area contributed by atoms with Gasteiger partial charge in [0, 0.05) is 17.6 Å². The minimum Gasteiger partial charge on any atom is -0.484 e. The van der Waals surface area contributed by atoms with Gasteiger partial charge in [-0.05, 0) is 35.2 Å². The number of rotatable bonds is 6. The zero-order valence-electron chi connectivity index (χ0n) is 14.7. The van der Waals surface area contributed by atoms with Gasteiger partial charge >= 0.3 is 6.18 Å². The SMILES string of the molecule is O=C(Cc1cc2ccccc2[nH]c1=O)NCc1cccc(OCC(F)(F)F)c1. The number of H-pyrrole nitrogens is 1. The Kier molecular flexibility index (Phi) is 5.67. The molecule has 0 bridgehead atoms. The van der Waals surface area contributed by atoms with Crippen LogP contribution in [0.5, 0.6) is 5.75 Å². The van der Waals surface area contributed by atoms with Gasteiger partial charge < -0.3 is 15.0 Å². The third-order valence-electron chi connectivity index (χ3n) is 3.97. The molecule has 0 fully saturated rings. The van der Waals surface area contributed by atoms with Crippen molar-refractivity contribution < 1.29 is 22.7 Å². The first-order chi connectivity index (χ1) is 13.3. The molecule has 0 aliphatic rings. The van der Waals surface area contributed by atoms with E-state index in [1.807, 2.05) is 12.1 Å². The van der Waals surface area contributed by atoms with Crippen molar-refractivity contribution in [2.45, 2.75) is 19.1 Å². The van der Waals surface area contributed by atoms with Crippen LogP contribution in [0.3, 0.4) is 0 Å². The summed E-state index contributed by atoms with van der Waals surface area (Å²) in [6.45, 7) is -1.28. The average Bonchev–Trinajstić information content (AvgIpc) is 2.65. The van der Waals surface area contributed by atoms with Crippen molar-refractivity contribution in [3.63, 3.8) is 0 Å². The van der Waals surface area contributed by atoms with Gasteiger partial charge in [0.05, 0.1) is 6.42 Å². The molecule has 0 saturated heterocycles. The molecule has 0 spiro atoms. The first-order valence-electron chi connectivity index (χ1n) is 8.46. The molecular weight excluding hydrogens is 373 g/mol. The van der Waals surface area contributed by atoms with Gasteiger partial charge in [-0.15, -0.1) is 0 Å². The van der Waals surface area contributed by atoms with Crippen molar-refractivity contribution in [3.05, 3.63) is 76.1 Å². The molecule has 0 aliphatic carbocycles. The highest BCUT2D eigenvalue weighted by Gasteiger charge is 2.28. The Bertz CT molecular complexity index is 1040. The Morgan fingerprint density at radius 3 is 2.64 bits per heavy atom. The second-order valence-corrected chi connectivity index (χ2v) is 6.22. The Hall–Kier alpha value is -3.29. The molecule has 1 aromatic heterocycles. The lowest BCUT2D eigenvalue weighted by Crippen LogP contribution is -2.27. The lowest BCUT2D eigenvalue weighted by atomic mass is 10.1. The van der Waals surface area contributed by atoms with Crippen LogP contribution in [0.4, 0.5) is 13.2 Å². The minimum absolute atomic E-state index is 0.0649. The Labute approximate surface area is 158 Å². The van der Waals surface area contributed by atoms with E-state index in [0.29, 0.717) is 16.6 Å². The van der Waals surface area contributed by atoms with E-state index in [0.717, 1.165) is 5.39 Å². The summed E-state index contributed by atoms with van der Waals surface area (Å²) in [6.07, 6.45) is -4.53. The molecule has 0 atom stereocenters. The van der Waals surface area contributed by atoms with Crippen molar-refractivity contribution in [1.29, 1.82) is 0 Å². The predicted octanol–water partition coefficient (Wildman–Crippen LogP) is 3.33. The third-order valence-corrected chi connectivity index (χ3v) is 3.97. The summed E-state index contributed by atoms with van der Waals surface area (Å²) in [5.41, 5.74) is 1.27. The fourth-order valence-electron chi connectivity index (χ4n) is 2.67. The maximum Gasteiger partial charge on any atom is 0.422 e. The number of para-hydroxylation sites is 1. The van der Waals surface area contributed by atoms with Crippen LogP contribution in [0.25, 0.3) is 10.9 Å². The maximum atomic E-state index is 12.2. The van der Waals surface area contributed by atoms with Gasteiger partial charge in [-0.2, -0.15) is 13.2 Å². The number of halogens is 3. The van der Waals surface area contributed by atoms with E-state index in [4.69, 9.17) is 0 Å². The molecule has 3 rings (SSSR count). The summed E-state index contributed by atoms with van der Waals surface area (Å²) in [5.74, 6) is -0.308. The standard InChI is InChI=1S/C20H17F3N2O3/c21-20(22,23)12-28-16-6-3-4-13(8-16)11-24-18(26)10-15-9-14-5-1-2-7-17(14)25-19(15)27/h1-9H,10-12H2,(H,24,26)(H,25,27). The first kappa shape index (κ1) is 19.5. The quantitative estimate of drug-likeness (QED) is 0.678. The number of nitrogens with one attached hydrogen (secondary N) is 2. The van der Waals surface area contributed by atoms with E-state index in [-0.39, 0.29) is 30.2 Å². The molecule has 1 amide bonds. The van der Waals surface area contributed by atoms with Crippen LogP contribution in [0.2, 0.25) is 0 Å². The van der Waals surface area contributed by atoms with Gasteiger partial charge in [0.2, 0.25) is 5.91 Å². The lowest BCUT2D eigenvalue weighted by molar-refractivity contribution is -0.153. The molecule has 2 N–H and O–H groups in total. The number of hydrogen-bond donors (Lipinski definition) is 2. The van der Waals surface area contributed by atoms with E-state index in [1.54, 1.807) is 30.3 Å². The van der Waals surface area contributed by atoms with E-state index in [1.165, 1.54) is 12.1 Å². The molecule has 0 aliphatic heterocycles. The summed E-state index contributed by atoms with van der Waals surface area (Å²) in [5, 5.41) is 3.47. The van der Waals surface area contributed by atoms with Gasteiger partial charge in [-0.3, -0.25) is 9.59 Å². The summed E-state index contributed by atoms with van der Waals surface area (Å²) in [4.78, 5) is 27.0. The van der Waals surface area contributed by atoms with E-state index in [9.17, 15) is 22.8 Å². The molecule has 5 nitrogen and oxygen atoms in total. The highest BCUT2D eigenvalue weighted by Crippen LogP contribution is 2.19. The van der Waals surface area contributed by atoms with Crippen molar-refractivity contribution >= 4 is 16.8 Å². The van der Waals surface area contributed by atoms with Crippen LogP contribution in [-0.4, -0.2) is 23.7 Å². The normalized spacial score (nSPS) is 11.4. The maximum absolute atomic E-state index is 12.2. The summed E-state index contributed by atoms with van der Waals surface area (Å²) in [7, 11) is 0. The second-order valence-electron chi connectivity index (χ2n) is 6.22. The van der Waals surface area contributed by atoms with Gasteiger partial charge in [-0.1, -0.05) is 30.3 Å². The molecule has 146 valence electrons. The molecule has 3 aromatic rings. The highest BCUT2D eigenvalue weighted by molar-refractivity contribution is 5.82. The van der Waals surface area contributed by atoms with Crippen molar-refractivity contribution in [2.75, 3.05) is 6.61 Å². The second kappa shape index (κ2) is 8.16. The number of fused-ring (bicyclic) bond motifs is 1.